The predicted octanol–water partition coefficient (Wildman–Crippen LogP) is 1.40. The Bertz CT molecular complexity index is 522. The van der Waals surface area contributed by atoms with Crippen LogP contribution in [-0.4, -0.2) is 33.1 Å². The maximum absolute atomic E-state index is 11.0. The highest BCUT2D eigenvalue weighted by Crippen LogP contribution is 2.41. The normalized spacial score (nSPS) is 15.2. The zero-order valence-corrected chi connectivity index (χ0v) is 12.3. The van der Waals surface area contributed by atoms with Crippen LogP contribution in [0.15, 0.2) is 30.3 Å². The highest BCUT2D eigenvalue weighted by Gasteiger charge is 2.25. The maximum atomic E-state index is 11.0. The van der Waals surface area contributed by atoms with Crippen molar-refractivity contribution in [1.82, 2.24) is 5.09 Å². The van der Waals surface area contributed by atoms with E-state index in [2.05, 4.69) is 5.09 Å². The van der Waals surface area contributed by atoms with E-state index >= 15 is 0 Å². The lowest BCUT2D eigenvalue weighted by atomic mass is 10.2. The molecule has 6 nitrogen and oxygen atoms in total. The van der Waals surface area contributed by atoms with Crippen molar-refractivity contribution in [3.63, 3.8) is 0 Å². The molecule has 4 N–H and O–H groups in total. The van der Waals surface area contributed by atoms with Gasteiger partial charge in [0.1, 0.15) is 12.5 Å². The summed E-state index contributed by atoms with van der Waals surface area (Å²) in [5, 5.41) is 20.1. The smallest absolute Gasteiger partial charge is 0.321 e. The minimum atomic E-state index is -3.07. The van der Waals surface area contributed by atoms with Gasteiger partial charge >= 0.3 is 11.9 Å². The number of carboxylic acids is 2. The van der Waals surface area contributed by atoms with Gasteiger partial charge in [-0.05, 0) is 12.0 Å². The van der Waals surface area contributed by atoms with Crippen LogP contribution in [0.5, 0.6) is 0 Å². The molecule has 1 unspecified atom stereocenters. The molecule has 1 rings (SSSR count). The Balaban J connectivity index is 2.68. The van der Waals surface area contributed by atoms with Crippen LogP contribution in [0.3, 0.4) is 0 Å². The highest BCUT2D eigenvalue weighted by molar-refractivity contribution is 8.10. The molecular formula is C12H16NO5PS. The van der Waals surface area contributed by atoms with Gasteiger partial charge in [0, 0.05) is 12.6 Å². The molecule has 0 saturated heterocycles. The van der Waals surface area contributed by atoms with Crippen LogP contribution in [0.1, 0.15) is 18.4 Å². The van der Waals surface area contributed by atoms with Gasteiger partial charge in [0.05, 0.1) is 0 Å². The van der Waals surface area contributed by atoms with E-state index in [9.17, 15) is 14.5 Å². The Kier molecular flexibility index (Phi) is 6.29. The topological polar surface area (TPSA) is 107 Å². The number of carboxylic acid groups (broad SMARTS) is 2. The van der Waals surface area contributed by atoms with Crippen molar-refractivity contribution in [2.75, 3.05) is 0 Å². The van der Waals surface area contributed by atoms with E-state index in [4.69, 9.17) is 22.0 Å². The predicted molar refractivity (Wildman–Crippen MR) is 78.1 cm³/mol. The van der Waals surface area contributed by atoms with E-state index in [0.29, 0.717) is 0 Å². The lowest BCUT2D eigenvalue weighted by Crippen LogP contribution is -2.35. The molecule has 0 aliphatic carbocycles. The molecule has 2 atom stereocenters. The van der Waals surface area contributed by atoms with Crippen molar-refractivity contribution in [3.8, 4) is 0 Å². The number of nitrogens with one attached hydrogen (secondary N) is 1. The van der Waals surface area contributed by atoms with Gasteiger partial charge in [0.15, 0.2) is 0 Å². The van der Waals surface area contributed by atoms with E-state index in [1.165, 1.54) is 0 Å². The fourth-order valence-corrected chi connectivity index (χ4v) is 3.98. The number of carbonyl (C=O) groups is 2. The van der Waals surface area contributed by atoms with E-state index < -0.39 is 24.4 Å². The minimum absolute atomic E-state index is 0.127. The summed E-state index contributed by atoms with van der Waals surface area (Å²) in [5.41, 5.74) is 0.799. The summed E-state index contributed by atoms with van der Waals surface area (Å²) < 4.78 is 0. The third-order valence-corrected chi connectivity index (χ3v) is 4.75. The lowest BCUT2D eigenvalue weighted by molar-refractivity contribution is -0.140. The minimum Gasteiger partial charge on any atom is -0.481 e. The molecule has 0 aliphatic heterocycles. The van der Waals surface area contributed by atoms with Crippen molar-refractivity contribution in [2.24, 2.45) is 0 Å². The van der Waals surface area contributed by atoms with E-state index in [1.807, 2.05) is 6.07 Å². The summed E-state index contributed by atoms with van der Waals surface area (Å²) in [4.78, 5) is 31.7. The molecule has 1 aromatic rings. The SMILES string of the molecule is O=C(O)CC[C@H](NP(O)(=S)Cc1ccccc1)C(=O)O. The zero-order valence-electron chi connectivity index (χ0n) is 10.6. The van der Waals surface area contributed by atoms with Crippen molar-refractivity contribution in [1.29, 1.82) is 0 Å². The second kappa shape index (κ2) is 7.50. The molecule has 110 valence electrons. The van der Waals surface area contributed by atoms with Crippen LogP contribution >= 0.6 is 6.42 Å². The fraction of sp³-hybridized carbons (Fsp3) is 0.333. The van der Waals surface area contributed by atoms with Gasteiger partial charge in [0.2, 0.25) is 0 Å². The number of rotatable bonds is 8. The average Bonchev–Trinajstić information content (AvgIpc) is 2.34. The Morgan fingerprint density at radius 3 is 2.35 bits per heavy atom. The molecular weight excluding hydrogens is 301 g/mol. The Morgan fingerprint density at radius 1 is 1.25 bits per heavy atom. The van der Waals surface area contributed by atoms with Gasteiger partial charge in [-0.2, -0.15) is 0 Å². The van der Waals surface area contributed by atoms with Gasteiger partial charge in [-0.25, -0.2) is 0 Å². The van der Waals surface area contributed by atoms with Crippen LogP contribution in [-0.2, 0) is 27.6 Å². The third-order valence-electron chi connectivity index (χ3n) is 2.54. The van der Waals surface area contributed by atoms with Crippen molar-refractivity contribution >= 4 is 30.2 Å². The maximum Gasteiger partial charge on any atom is 0.321 e. The van der Waals surface area contributed by atoms with Gasteiger partial charge in [-0.15, -0.1) is 0 Å². The first-order valence-electron chi connectivity index (χ1n) is 5.88. The molecule has 0 bridgehead atoms. The van der Waals surface area contributed by atoms with Crippen LogP contribution < -0.4 is 5.09 Å². The molecule has 0 fully saturated rings. The first-order valence-corrected chi connectivity index (χ1v) is 8.82. The molecule has 20 heavy (non-hydrogen) atoms. The quantitative estimate of drug-likeness (QED) is 0.537. The van der Waals surface area contributed by atoms with Gasteiger partial charge in [-0.3, -0.25) is 14.7 Å². The van der Waals surface area contributed by atoms with Crippen LogP contribution in [0.25, 0.3) is 0 Å². The van der Waals surface area contributed by atoms with Crippen molar-refractivity contribution < 1.29 is 24.7 Å². The number of aliphatic carboxylic acids is 2. The third kappa shape index (κ3) is 6.25. The van der Waals surface area contributed by atoms with Crippen molar-refractivity contribution in [2.45, 2.75) is 25.0 Å². The number of benzene rings is 1. The van der Waals surface area contributed by atoms with E-state index in [0.717, 1.165) is 5.56 Å². The molecule has 0 spiro atoms. The molecule has 0 heterocycles. The number of hydrogen-bond acceptors (Lipinski definition) is 3. The van der Waals surface area contributed by atoms with Gasteiger partial charge in [-0.1, -0.05) is 42.1 Å². The van der Waals surface area contributed by atoms with E-state index in [1.54, 1.807) is 24.3 Å². The second-order valence-electron chi connectivity index (χ2n) is 4.30. The summed E-state index contributed by atoms with van der Waals surface area (Å²) in [6, 6.07) is 7.82. The van der Waals surface area contributed by atoms with Crippen LogP contribution in [0.4, 0.5) is 0 Å². The largest absolute Gasteiger partial charge is 0.481 e. The molecule has 0 radical (unpaired) electrons. The first-order chi connectivity index (χ1) is 9.30. The lowest BCUT2D eigenvalue weighted by Gasteiger charge is -2.22. The fourth-order valence-electron chi connectivity index (χ4n) is 1.63. The molecule has 8 heteroatoms. The summed E-state index contributed by atoms with van der Waals surface area (Å²) >= 11 is 5.05. The molecule has 0 amide bonds. The van der Waals surface area contributed by atoms with Crippen LogP contribution in [0.2, 0.25) is 0 Å². The second-order valence-corrected chi connectivity index (χ2v) is 8.09. The highest BCUT2D eigenvalue weighted by atomic mass is 32.4. The van der Waals surface area contributed by atoms with E-state index in [-0.39, 0.29) is 19.0 Å². The monoisotopic (exact) mass is 317 g/mol. The molecule has 1 aromatic carbocycles. The molecule has 0 aromatic heterocycles. The van der Waals surface area contributed by atoms with Crippen LogP contribution in [0, 0.1) is 0 Å². The van der Waals surface area contributed by atoms with Gasteiger partial charge < -0.3 is 15.1 Å². The first kappa shape index (κ1) is 16.8. The van der Waals surface area contributed by atoms with Gasteiger partial charge in [0.25, 0.3) is 0 Å². The summed E-state index contributed by atoms with van der Waals surface area (Å²) in [6.07, 6.45) is -3.35. The molecule has 0 aliphatic rings. The Morgan fingerprint density at radius 2 is 1.85 bits per heavy atom. The molecule has 0 saturated carbocycles. The summed E-state index contributed by atoms with van der Waals surface area (Å²) in [7, 11) is 0. The van der Waals surface area contributed by atoms with Crippen molar-refractivity contribution in [3.05, 3.63) is 35.9 Å². The number of hydrogen-bond donors (Lipinski definition) is 4. The summed E-state index contributed by atoms with van der Waals surface area (Å²) in [5.74, 6) is -2.31. The standard InChI is InChI=1S/C12H16NO5PS/c14-11(15)7-6-10(12(16)17)13-19(18,20)8-9-4-2-1-3-5-9/h1-5,10H,6-8H2,(H,14,15)(H,16,17)(H2,13,18,20)/t10-,19?/m0/s1. The Hall–Kier alpha value is -1.27. The average molecular weight is 317 g/mol. The zero-order chi connectivity index (χ0) is 15.2. The summed E-state index contributed by atoms with van der Waals surface area (Å²) in [6.45, 7) is 0. The Labute approximate surface area is 121 Å².